The largest absolute Gasteiger partial charge is 0.396 e. The summed E-state index contributed by atoms with van der Waals surface area (Å²) in [5, 5.41) is 11.7. The molecule has 2 bridgehead atoms. The molecule has 1 N–H and O–H groups in total. The van der Waals surface area contributed by atoms with Crippen molar-refractivity contribution in [2.75, 3.05) is 24.6 Å². The molecule has 0 unspecified atom stereocenters. The van der Waals surface area contributed by atoms with E-state index in [0.29, 0.717) is 18.0 Å². The standard InChI is InChI=1S/C20H26N4OS/c25-13-14-3-1-7-23(11-14)20-21-10-17-18(22-20)9-15-5-6-19(17)24(15)12-16-4-2-8-26-16/h2,4,8,10,14-15,19,25H,1,3,5-7,9,11-13H2/t14-,15+,19+/m0/s1. The first-order chi connectivity index (χ1) is 12.8. The summed E-state index contributed by atoms with van der Waals surface area (Å²) < 4.78 is 0. The summed E-state index contributed by atoms with van der Waals surface area (Å²) >= 11 is 1.85. The fourth-order valence-corrected chi connectivity index (χ4v) is 5.65. The van der Waals surface area contributed by atoms with Gasteiger partial charge in [0.05, 0.1) is 5.69 Å². The SMILES string of the molecule is OC[C@H]1CCCN(c2ncc3c(n2)C[C@H]2CC[C@H]3N2Cc2cccs2)C1. The third-order valence-corrected chi connectivity index (χ3v) is 7.16. The van der Waals surface area contributed by atoms with E-state index < -0.39 is 0 Å². The Morgan fingerprint density at radius 2 is 2.23 bits per heavy atom. The topological polar surface area (TPSA) is 52.5 Å². The molecule has 26 heavy (non-hydrogen) atoms. The van der Waals surface area contributed by atoms with E-state index in [2.05, 4.69) is 33.5 Å². The Bertz CT molecular complexity index is 765. The number of thiophene rings is 1. The molecule has 2 fully saturated rings. The molecule has 3 aliphatic rings. The highest BCUT2D eigenvalue weighted by molar-refractivity contribution is 7.09. The van der Waals surface area contributed by atoms with Crippen molar-refractivity contribution in [3.05, 3.63) is 39.8 Å². The van der Waals surface area contributed by atoms with Crippen LogP contribution in [0.5, 0.6) is 0 Å². The van der Waals surface area contributed by atoms with Crippen LogP contribution < -0.4 is 4.90 Å². The summed E-state index contributed by atoms with van der Waals surface area (Å²) in [5.41, 5.74) is 2.60. The minimum atomic E-state index is 0.267. The van der Waals surface area contributed by atoms with Gasteiger partial charge in [0.25, 0.3) is 0 Å². The Balaban J connectivity index is 1.38. The number of hydrogen-bond acceptors (Lipinski definition) is 6. The van der Waals surface area contributed by atoms with E-state index >= 15 is 0 Å². The fraction of sp³-hybridized carbons (Fsp3) is 0.600. The number of aliphatic hydroxyl groups excluding tert-OH is 1. The number of piperidine rings is 1. The van der Waals surface area contributed by atoms with Crippen LogP contribution in [0.4, 0.5) is 5.95 Å². The van der Waals surface area contributed by atoms with Gasteiger partial charge >= 0.3 is 0 Å². The third kappa shape index (κ3) is 2.94. The van der Waals surface area contributed by atoms with E-state index in [4.69, 9.17) is 9.97 Å². The minimum absolute atomic E-state index is 0.267. The Morgan fingerprint density at radius 1 is 1.27 bits per heavy atom. The molecule has 0 aromatic carbocycles. The number of nitrogens with zero attached hydrogens (tertiary/aromatic N) is 4. The summed E-state index contributed by atoms with van der Waals surface area (Å²) in [4.78, 5) is 16.1. The third-order valence-electron chi connectivity index (χ3n) is 6.30. The highest BCUT2D eigenvalue weighted by Gasteiger charge is 2.41. The lowest BCUT2D eigenvalue weighted by atomic mass is 9.98. The van der Waals surface area contributed by atoms with E-state index in [9.17, 15) is 5.11 Å². The van der Waals surface area contributed by atoms with Crippen molar-refractivity contribution in [2.24, 2.45) is 5.92 Å². The molecule has 2 aromatic heterocycles. The van der Waals surface area contributed by atoms with Crippen LogP contribution in [0.1, 0.15) is 47.9 Å². The van der Waals surface area contributed by atoms with Crippen molar-refractivity contribution >= 4 is 17.3 Å². The maximum atomic E-state index is 9.49. The molecular formula is C20H26N4OS. The van der Waals surface area contributed by atoms with Crippen molar-refractivity contribution in [3.8, 4) is 0 Å². The van der Waals surface area contributed by atoms with E-state index in [0.717, 1.165) is 44.8 Å². The molecular weight excluding hydrogens is 344 g/mol. The Labute approximate surface area is 158 Å². The van der Waals surface area contributed by atoms with Crippen molar-refractivity contribution in [2.45, 2.75) is 50.7 Å². The highest BCUT2D eigenvalue weighted by Crippen LogP contribution is 2.44. The summed E-state index contributed by atoms with van der Waals surface area (Å²) in [6.07, 6.45) is 7.85. The van der Waals surface area contributed by atoms with Crippen molar-refractivity contribution in [3.63, 3.8) is 0 Å². The van der Waals surface area contributed by atoms with Gasteiger partial charge in [-0.1, -0.05) is 6.07 Å². The molecule has 2 saturated heterocycles. The zero-order valence-electron chi connectivity index (χ0n) is 15.0. The van der Waals surface area contributed by atoms with Gasteiger partial charge in [-0.25, -0.2) is 9.97 Å². The molecule has 3 atom stereocenters. The summed E-state index contributed by atoms with van der Waals surface area (Å²) in [6.45, 7) is 3.21. The molecule has 0 aliphatic carbocycles. The van der Waals surface area contributed by atoms with Crippen LogP contribution >= 0.6 is 11.3 Å². The first-order valence-corrected chi connectivity index (χ1v) is 10.7. The smallest absolute Gasteiger partial charge is 0.225 e. The second-order valence-electron chi connectivity index (χ2n) is 7.91. The molecule has 138 valence electrons. The average Bonchev–Trinajstić information content (AvgIpc) is 3.29. The van der Waals surface area contributed by atoms with Crippen molar-refractivity contribution in [1.82, 2.24) is 14.9 Å². The quantitative estimate of drug-likeness (QED) is 0.897. The molecule has 5 heterocycles. The van der Waals surface area contributed by atoms with Crippen LogP contribution in [-0.2, 0) is 13.0 Å². The van der Waals surface area contributed by atoms with Gasteiger partial charge in [-0.2, -0.15) is 0 Å². The Kier molecular flexibility index (Phi) is 4.43. The van der Waals surface area contributed by atoms with Crippen LogP contribution in [0.15, 0.2) is 23.7 Å². The predicted octanol–water partition coefficient (Wildman–Crippen LogP) is 3.01. The fourth-order valence-electron chi connectivity index (χ4n) is 4.94. The van der Waals surface area contributed by atoms with Crippen LogP contribution in [0.25, 0.3) is 0 Å². The minimum Gasteiger partial charge on any atom is -0.396 e. The Morgan fingerprint density at radius 3 is 3.08 bits per heavy atom. The number of hydrogen-bond donors (Lipinski definition) is 1. The molecule has 0 radical (unpaired) electrons. The van der Waals surface area contributed by atoms with E-state index in [1.807, 2.05) is 11.3 Å². The van der Waals surface area contributed by atoms with Crippen LogP contribution in [0.2, 0.25) is 0 Å². The maximum absolute atomic E-state index is 9.49. The number of aliphatic hydroxyl groups is 1. The van der Waals surface area contributed by atoms with Gasteiger partial charge in [-0.3, -0.25) is 4.90 Å². The first-order valence-electron chi connectivity index (χ1n) is 9.81. The highest BCUT2D eigenvalue weighted by atomic mass is 32.1. The van der Waals surface area contributed by atoms with Gasteiger partial charge < -0.3 is 10.0 Å². The second kappa shape index (κ2) is 6.91. The molecule has 5 nitrogen and oxygen atoms in total. The van der Waals surface area contributed by atoms with Crippen LogP contribution in [-0.4, -0.2) is 45.7 Å². The monoisotopic (exact) mass is 370 g/mol. The molecule has 2 aromatic rings. The maximum Gasteiger partial charge on any atom is 0.225 e. The van der Waals surface area contributed by atoms with Gasteiger partial charge in [0.2, 0.25) is 5.95 Å². The number of rotatable bonds is 4. The summed E-state index contributed by atoms with van der Waals surface area (Å²) in [6, 6.07) is 5.48. The first kappa shape index (κ1) is 16.7. The van der Waals surface area contributed by atoms with Crippen molar-refractivity contribution < 1.29 is 5.11 Å². The second-order valence-corrected chi connectivity index (χ2v) is 8.94. The van der Waals surface area contributed by atoms with E-state index in [1.165, 1.54) is 29.0 Å². The lowest BCUT2D eigenvalue weighted by Crippen LogP contribution is -2.40. The molecule has 0 amide bonds. The lowest BCUT2D eigenvalue weighted by molar-refractivity contribution is 0.167. The Hall–Kier alpha value is -1.50. The van der Waals surface area contributed by atoms with Gasteiger partial charge in [0.1, 0.15) is 0 Å². The number of anilines is 1. The molecule has 5 rings (SSSR count). The van der Waals surface area contributed by atoms with Gasteiger partial charge in [0.15, 0.2) is 0 Å². The zero-order chi connectivity index (χ0) is 17.5. The molecule has 3 aliphatic heterocycles. The average molecular weight is 371 g/mol. The number of fused-ring (bicyclic) bond motifs is 4. The van der Waals surface area contributed by atoms with Gasteiger partial charge in [-0.05, 0) is 43.0 Å². The zero-order valence-corrected chi connectivity index (χ0v) is 15.9. The normalized spacial score (nSPS) is 28.3. The summed E-state index contributed by atoms with van der Waals surface area (Å²) in [7, 11) is 0. The number of aromatic nitrogens is 2. The van der Waals surface area contributed by atoms with E-state index in [1.54, 1.807) is 0 Å². The predicted molar refractivity (Wildman–Crippen MR) is 103 cm³/mol. The van der Waals surface area contributed by atoms with Crippen LogP contribution in [0, 0.1) is 5.92 Å². The summed E-state index contributed by atoms with van der Waals surface area (Å²) in [5.74, 6) is 1.23. The molecule has 0 saturated carbocycles. The van der Waals surface area contributed by atoms with Gasteiger partial charge in [-0.15, -0.1) is 11.3 Å². The van der Waals surface area contributed by atoms with Gasteiger partial charge in [0, 0.05) is 61.4 Å². The molecule has 0 spiro atoms. The lowest BCUT2D eigenvalue weighted by Gasteiger charge is -2.36. The van der Waals surface area contributed by atoms with Crippen LogP contribution in [0.3, 0.4) is 0 Å². The van der Waals surface area contributed by atoms with Crippen molar-refractivity contribution in [1.29, 1.82) is 0 Å². The molecule has 6 heteroatoms. The van der Waals surface area contributed by atoms with E-state index in [-0.39, 0.29) is 6.61 Å².